The molecule has 24 heavy (non-hydrogen) atoms. The van der Waals surface area contributed by atoms with Crippen molar-refractivity contribution in [2.45, 2.75) is 12.5 Å². The van der Waals surface area contributed by atoms with Crippen molar-refractivity contribution in [1.29, 1.82) is 0 Å². The van der Waals surface area contributed by atoms with Gasteiger partial charge in [0.25, 0.3) is 5.91 Å². The van der Waals surface area contributed by atoms with Crippen LogP contribution >= 0.6 is 0 Å². The Morgan fingerprint density at radius 3 is 2.79 bits per heavy atom. The molecule has 0 aromatic heterocycles. The maximum absolute atomic E-state index is 14.2. The van der Waals surface area contributed by atoms with E-state index >= 15 is 0 Å². The molecule has 1 N–H and O–H groups in total. The van der Waals surface area contributed by atoms with Gasteiger partial charge in [-0.25, -0.2) is 9.18 Å². The Morgan fingerprint density at radius 1 is 1.33 bits per heavy atom. The molecule has 0 spiro atoms. The summed E-state index contributed by atoms with van der Waals surface area (Å²) in [5.74, 6) is -0.606. The minimum atomic E-state index is -0.759. The molecule has 7 heteroatoms. The van der Waals surface area contributed by atoms with Crippen molar-refractivity contribution >= 4 is 11.9 Å². The summed E-state index contributed by atoms with van der Waals surface area (Å²) in [6, 6.07) is 5.10. The number of amides is 3. The van der Waals surface area contributed by atoms with Crippen LogP contribution in [0.3, 0.4) is 0 Å². The van der Waals surface area contributed by atoms with Gasteiger partial charge in [-0.15, -0.1) is 0 Å². The van der Waals surface area contributed by atoms with Crippen molar-refractivity contribution in [1.82, 2.24) is 15.1 Å². The first-order valence-corrected chi connectivity index (χ1v) is 7.84. The van der Waals surface area contributed by atoms with E-state index in [4.69, 9.17) is 4.74 Å². The highest BCUT2D eigenvalue weighted by atomic mass is 19.1. The zero-order valence-electron chi connectivity index (χ0n) is 13.7. The summed E-state index contributed by atoms with van der Waals surface area (Å²) in [5.41, 5.74) is 1.38. The Kier molecular flexibility index (Phi) is 4.53. The molecule has 0 radical (unpaired) electrons. The molecule has 2 heterocycles. The largest absolute Gasteiger partial charge is 0.385 e. The Labute approximate surface area is 139 Å². The van der Waals surface area contributed by atoms with E-state index in [0.29, 0.717) is 43.0 Å². The standard InChI is InChI=1S/C17H20FN3O3/c1-20-13-10-21(8-5-9-24-2)16(22)14(13)15(19-17(20)23)11-6-3-4-7-12(11)18/h3-4,6-7,15H,5,8-10H2,1-2H3,(H,19,23). The number of carbonyl (C=O) groups excluding carboxylic acids is 2. The number of nitrogens with zero attached hydrogens (tertiary/aromatic N) is 2. The third-order valence-electron chi connectivity index (χ3n) is 4.43. The van der Waals surface area contributed by atoms with Crippen LogP contribution < -0.4 is 5.32 Å². The van der Waals surface area contributed by atoms with Gasteiger partial charge in [0, 0.05) is 32.9 Å². The summed E-state index contributed by atoms with van der Waals surface area (Å²) in [6.07, 6.45) is 0.707. The van der Waals surface area contributed by atoms with Crippen molar-refractivity contribution in [2.24, 2.45) is 0 Å². The van der Waals surface area contributed by atoms with Crippen molar-refractivity contribution < 1.29 is 18.7 Å². The molecule has 0 saturated carbocycles. The first-order valence-electron chi connectivity index (χ1n) is 7.84. The van der Waals surface area contributed by atoms with Gasteiger partial charge in [-0.2, -0.15) is 0 Å². The lowest BCUT2D eigenvalue weighted by molar-refractivity contribution is -0.125. The van der Waals surface area contributed by atoms with Crippen LogP contribution in [-0.2, 0) is 9.53 Å². The second-order valence-electron chi connectivity index (χ2n) is 5.90. The first-order chi connectivity index (χ1) is 11.5. The normalized spacial score (nSPS) is 20.5. The fourth-order valence-electron chi connectivity index (χ4n) is 3.15. The molecule has 1 aromatic carbocycles. The van der Waals surface area contributed by atoms with Gasteiger partial charge in [0.1, 0.15) is 5.82 Å². The molecule has 1 aromatic rings. The molecule has 0 bridgehead atoms. The quantitative estimate of drug-likeness (QED) is 0.834. The number of carbonyl (C=O) groups is 2. The second kappa shape index (κ2) is 6.60. The molecule has 1 atom stereocenters. The number of nitrogens with one attached hydrogen (secondary N) is 1. The van der Waals surface area contributed by atoms with Crippen LogP contribution in [0.2, 0.25) is 0 Å². The van der Waals surface area contributed by atoms with Crippen LogP contribution in [0.5, 0.6) is 0 Å². The van der Waals surface area contributed by atoms with Gasteiger partial charge in [-0.3, -0.25) is 9.69 Å². The number of benzene rings is 1. The lowest BCUT2D eigenvalue weighted by Gasteiger charge is -2.31. The molecule has 0 saturated heterocycles. The van der Waals surface area contributed by atoms with Crippen molar-refractivity contribution in [3.63, 3.8) is 0 Å². The molecular formula is C17H20FN3O3. The summed E-state index contributed by atoms with van der Waals surface area (Å²) in [4.78, 5) is 28.1. The van der Waals surface area contributed by atoms with Crippen molar-refractivity contribution in [3.05, 3.63) is 46.9 Å². The Bertz CT molecular complexity index is 704. The van der Waals surface area contributed by atoms with Crippen LogP contribution in [0.1, 0.15) is 18.0 Å². The predicted octanol–water partition coefficient (Wildman–Crippen LogP) is 1.65. The molecule has 2 aliphatic heterocycles. The molecular weight excluding hydrogens is 313 g/mol. The molecule has 2 aliphatic rings. The smallest absolute Gasteiger partial charge is 0.322 e. The molecule has 0 fully saturated rings. The van der Waals surface area contributed by atoms with E-state index < -0.39 is 11.9 Å². The fraction of sp³-hybridized carbons (Fsp3) is 0.412. The van der Waals surface area contributed by atoms with Gasteiger partial charge in [0.15, 0.2) is 0 Å². The zero-order chi connectivity index (χ0) is 17.3. The van der Waals surface area contributed by atoms with Crippen LogP contribution in [0.4, 0.5) is 9.18 Å². The number of methoxy groups -OCH3 is 1. The van der Waals surface area contributed by atoms with E-state index in [0.717, 1.165) is 0 Å². The summed E-state index contributed by atoms with van der Waals surface area (Å²) in [7, 11) is 3.23. The number of likely N-dealkylation sites (N-methyl/N-ethyl adjacent to an activating group) is 1. The number of rotatable bonds is 5. The minimum absolute atomic E-state index is 0.166. The second-order valence-corrected chi connectivity index (χ2v) is 5.90. The number of urea groups is 1. The van der Waals surface area contributed by atoms with E-state index in [1.54, 1.807) is 37.3 Å². The zero-order valence-corrected chi connectivity index (χ0v) is 13.7. The highest BCUT2D eigenvalue weighted by molar-refractivity contribution is 6.01. The molecule has 6 nitrogen and oxygen atoms in total. The maximum Gasteiger partial charge on any atom is 0.322 e. The number of hydrogen-bond donors (Lipinski definition) is 1. The van der Waals surface area contributed by atoms with Crippen molar-refractivity contribution in [3.8, 4) is 0 Å². The molecule has 128 valence electrons. The number of hydrogen-bond acceptors (Lipinski definition) is 3. The number of halogens is 1. The van der Waals surface area contributed by atoms with Gasteiger partial charge in [-0.1, -0.05) is 18.2 Å². The topological polar surface area (TPSA) is 61.9 Å². The molecule has 0 aliphatic carbocycles. The maximum atomic E-state index is 14.2. The lowest BCUT2D eigenvalue weighted by Crippen LogP contribution is -2.45. The third-order valence-corrected chi connectivity index (χ3v) is 4.43. The fourth-order valence-corrected chi connectivity index (χ4v) is 3.15. The van der Waals surface area contributed by atoms with Crippen LogP contribution in [0, 0.1) is 5.82 Å². The van der Waals surface area contributed by atoms with E-state index in [9.17, 15) is 14.0 Å². The lowest BCUT2D eigenvalue weighted by atomic mass is 9.95. The highest BCUT2D eigenvalue weighted by Gasteiger charge is 2.43. The third kappa shape index (κ3) is 2.75. The Morgan fingerprint density at radius 2 is 2.08 bits per heavy atom. The summed E-state index contributed by atoms with van der Waals surface area (Å²) in [6.45, 7) is 1.44. The molecule has 3 amide bonds. The molecule has 1 unspecified atom stereocenters. The first kappa shape index (κ1) is 16.4. The number of ether oxygens (including phenoxy) is 1. The SMILES string of the molecule is COCCCN1CC2=C(C1=O)C(c1ccccc1F)NC(=O)N2C. The van der Waals surface area contributed by atoms with Gasteiger partial charge in [0.05, 0.1) is 23.9 Å². The molecule has 3 rings (SSSR count). The highest BCUT2D eigenvalue weighted by Crippen LogP contribution is 2.36. The Hall–Kier alpha value is -2.41. The van der Waals surface area contributed by atoms with Crippen LogP contribution in [-0.4, -0.2) is 55.6 Å². The van der Waals surface area contributed by atoms with Crippen molar-refractivity contribution in [2.75, 3.05) is 33.9 Å². The van der Waals surface area contributed by atoms with Gasteiger partial charge >= 0.3 is 6.03 Å². The average Bonchev–Trinajstić information content (AvgIpc) is 2.89. The predicted molar refractivity (Wildman–Crippen MR) is 85.5 cm³/mol. The van der Waals surface area contributed by atoms with Gasteiger partial charge < -0.3 is 15.0 Å². The van der Waals surface area contributed by atoms with Gasteiger partial charge in [-0.05, 0) is 12.5 Å². The summed E-state index contributed by atoms with van der Waals surface area (Å²) < 4.78 is 19.2. The Balaban J connectivity index is 1.93. The average molecular weight is 333 g/mol. The van der Waals surface area contributed by atoms with E-state index in [-0.39, 0.29) is 11.9 Å². The summed E-state index contributed by atoms with van der Waals surface area (Å²) >= 11 is 0. The monoisotopic (exact) mass is 333 g/mol. The van der Waals surface area contributed by atoms with Crippen LogP contribution in [0.25, 0.3) is 0 Å². The minimum Gasteiger partial charge on any atom is -0.385 e. The summed E-state index contributed by atoms with van der Waals surface area (Å²) in [5, 5.41) is 2.73. The van der Waals surface area contributed by atoms with Crippen LogP contribution in [0.15, 0.2) is 35.5 Å². The van der Waals surface area contributed by atoms with E-state index in [1.165, 1.54) is 11.0 Å². The van der Waals surface area contributed by atoms with E-state index in [1.807, 2.05) is 0 Å². The van der Waals surface area contributed by atoms with E-state index in [2.05, 4.69) is 5.32 Å². The van der Waals surface area contributed by atoms with Gasteiger partial charge in [0.2, 0.25) is 0 Å².